The Morgan fingerprint density at radius 2 is 1.82 bits per heavy atom. The highest BCUT2D eigenvalue weighted by Gasteiger charge is 2.29. The molecule has 10 heteroatoms. The van der Waals surface area contributed by atoms with Crippen LogP contribution in [0.15, 0.2) is 42.7 Å². The number of aldehydes is 1. The Hall–Kier alpha value is -3.46. The summed E-state index contributed by atoms with van der Waals surface area (Å²) < 4.78 is 0. The van der Waals surface area contributed by atoms with E-state index in [0.29, 0.717) is 43.8 Å². The van der Waals surface area contributed by atoms with Crippen molar-refractivity contribution in [2.24, 2.45) is 5.92 Å². The van der Waals surface area contributed by atoms with Gasteiger partial charge in [0.15, 0.2) is 0 Å². The fraction of sp³-hybridized carbons (Fsp3) is 0.464. The zero-order valence-corrected chi connectivity index (χ0v) is 22.9. The number of nitrogens with zero attached hydrogens (tertiary/aromatic N) is 3. The van der Waals surface area contributed by atoms with Gasteiger partial charge in [0.1, 0.15) is 12.3 Å². The molecule has 0 saturated heterocycles. The van der Waals surface area contributed by atoms with E-state index >= 15 is 0 Å². The van der Waals surface area contributed by atoms with Gasteiger partial charge in [0.25, 0.3) is 0 Å². The Labute approximate surface area is 228 Å². The van der Waals surface area contributed by atoms with E-state index < -0.39 is 18.0 Å². The molecule has 0 saturated carbocycles. The topological polar surface area (TPSA) is 112 Å². The summed E-state index contributed by atoms with van der Waals surface area (Å²) in [7, 11) is 1.72. The summed E-state index contributed by atoms with van der Waals surface area (Å²) in [4.78, 5) is 57.6. The SMILES string of the molecule is CC(C)C[C@H](NC(=O)N1Cc2ccc(Cl)cc2C1)C(=O)N[C@H](C=O)CCC(=O)N(C)CCc1ccncc1. The maximum atomic E-state index is 13.1. The highest BCUT2D eigenvalue weighted by Crippen LogP contribution is 2.25. The molecule has 9 nitrogen and oxygen atoms in total. The minimum Gasteiger partial charge on any atom is -0.345 e. The van der Waals surface area contributed by atoms with Crippen molar-refractivity contribution in [3.05, 3.63) is 64.4 Å². The van der Waals surface area contributed by atoms with Crippen LogP contribution in [-0.2, 0) is 33.9 Å². The number of urea groups is 1. The van der Waals surface area contributed by atoms with Crippen molar-refractivity contribution in [3.63, 3.8) is 0 Å². The Morgan fingerprint density at radius 3 is 2.50 bits per heavy atom. The molecule has 3 rings (SSSR count). The molecule has 1 aliphatic heterocycles. The predicted molar refractivity (Wildman–Crippen MR) is 145 cm³/mol. The summed E-state index contributed by atoms with van der Waals surface area (Å²) in [6.45, 7) is 5.29. The molecule has 2 atom stereocenters. The number of nitrogens with one attached hydrogen (secondary N) is 2. The number of carbonyl (C=O) groups excluding carboxylic acids is 4. The predicted octanol–water partition coefficient (Wildman–Crippen LogP) is 3.34. The van der Waals surface area contributed by atoms with Gasteiger partial charge >= 0.3 is 6.03 Å². The molecule has 1 aliphatic rings. The normalized spacial score (nSPS) is 14.0. The summed E-state index contributed by atoms with van der Waals surface area (Å²) in [5.41, 5.74) is 3.08. The van der Waals surface area contributed by atoms with Gasteiger partial charge in [0, 0.05) is 50.5 Å². The second-order valence-electron chi connectivity index (χ2n) is 10.1. The van der Waals surface area contributed by atoms with E-state index in [2.05, 4.69) is 15.6 Å². The largest absolute Gasteiger partial charge is 0.345 e. The second-order valence-corrected chi connectivity index (χ2v) is 10.5. The number of rotatable bonds is 12. The van der Waals surface area contributed by atoms with Crippen molar-refractivity contribution in [1.29, 1.82) is 0 Å². The summed E-state index contributed by atoms with van der Waals surface area (Å²) >= 11 is 6.07. The molecule has 0 bridgehead atoms. The van der Waals surface area contributed by atoms with Crippen LogP contribution in [0.5, 0.6) is 0 Å². The van der Waals surface area contributed by atoms with Crippen LogP contribution in [-0.4, -0.2) is 64.6 Å². The third kappa shape index (κ3) is 8.55. The van der Waals surface area contributed by atoms with Gasteiger partial charge in [-0.2, -0.15) is 0 Å². The highest BCUT2D eigenvalue weighted by atomic mass is 35.5. The molecule has 204 valence electrons. The van der Waals surface area contributed by atoms with Crippen molar-refractivity contribution >= 4 is 35.7 Å². The van der Waals surface area contributed by atoms with E-state index in [-0.39, 0.29) is 30.7 Å². The van der Waals surface area contributed by atoms with Crippen LogP contribution in [0.4, 0.5) is 4.79 Å². The lowest BCUT2D eigenvalue weighted by Crippen LogP contribution is -2.53. The van der Waals surface area contributed by atoms with Gasteiger partial charge in [-0.05, 0) is 66.1 Å². The zero-order valence-electron chi connectivity index (χ0n) is 22.2. The number of aromatic nitrogens is 1. The minimum atomic E-state index is -0.829. The first-order valence-electron chi connectivity index (χ1n) is 12.9. The molecule has 38 heavy (non-hydrogen) atoms. The molecule has 0 aliphatic carbocycles. The van der Waals surface area contributed by atoms with E-state index in [4.69, 9.17) is 11.6 Å². The van der Waals surface area contributed by atoms with E-state index in [0.717, 1.165) is 16.7 Å². The number of fused-ring (bicyclic) bond motifs is 1. The van der Waals surface area contributed by atoms with Crippen LogP contribution in [0.25, 0.3) is 0 Å². The van der Waals surface area contributed by atoms with E-state index in [1.807, 2.05) is 38.1 Å². The van der Waals surface area contributed by atoms with E-state index in [1.165, 1.54) is 0 Å². The first kappa shape index (κ1) is 29.1. The van der Waals surface area contributed by atoms with Gasteiger partial charge in [0.2, 0.25) is 11.8 Å². The monoisotopic (exact) mass is 541 g/mol. The van der Waals surface area contributed by atoms with Crippen molar-refractivity contribution in [1.82, 2.24) is 25.4 Å². The smallest absolute Gasteiger partial charge is 0.318 e. The Kier molecular flexibility index (Phi) is 10.6. The number of hydrogen-bond donors (Lipinski definition) is 2. The zero-order chi connectivity index (χ0) is 27.7. The number of hydrogen-bond acceptors (Lipinski definition) is 5. The maximum Gasteiger partial charge on any atom is 0.318 e. The molecule has 2 N–H and O–H groups in total. The van der Waals surface area contributed by atoms with Crippen molar-refractivity contribution in [3.8, 4) is 0 Å². The summed E-state index contributed by atoms with van der Waals surface area (Å²) in [6, 6.07) is 7.35. The van der Waals surface area contributed by atoms with E-state index in [9.17, 15) is 19.2 Å². The summed E-state index contributed by atoms with van der Waals surface area (Å²) in [5.74, 6) is -0.422. The summed E-state index contributed by atoms with van der Waals surface area (Å²) in [5, 5.41) is 6.15. The molecule has 0 fully saturated rings. The average Bonchev–Trinajstić information content (AvgIpc) is 3.32. The molecule has 4 amide bonds. The van der Waals surface area contributed by atoms with Gasteiger partial charge in [-0.15, -0.1) is 0 Å². The van der Waals surface area contributed by atoms with E-state index in [1.54, 1.807) is 35.3 Å². The molecule has 1 aromatic carbocycles. The van der Waals surface area contributed by atoms with Crippen molar-refractivity contribution < 1.29 is 19.2 Å². The van der Waals surface area contributed by atoms with Gasteiger partial charge in [-0.3, -0.25) is 14.6 Å². The minimum absolute atomic E-state index is 0.110. The fourth-order valence-electron chi connectivity index (χ4n) is 4.35. The van der Waals surface area contributed by atoms with Crippen LogP contribution in [0.3, 0.4) is 0 Å². The number of pyridine rings is 1. The highest BCUT2D eigenvalue weighted by molar-refractivity contribution is 6.30. The lowest BCUT2D eigenvalue weighted by molar-refractivity contribution is -0.131. The maximum absolute atomic E-state index is 13.1. The number of carbonyl (C=O) groups is 4. The van der Waals surface area contributed by atoms with Gasteiger partial charge in [-0.25, -0.2) is 4.79 Å². The van der Waals surface area contributed by atoms with Crippen LogP contribution in [0.2, 0.25) is 5.02 Å². The Balaban J connectivity index is 1.50. The average molecular weight is 542 g/mol. The first-order chi connectivity index (χ1) is 18.2. The van der Waals surface area contributed by atoms with Crippen LogP contribution in [0, 0.1) is 5.92 Å². The first-order valence-corrected chi connectivity index (χ1v) is 13.2. The van der Waals surface area contributed by atoms with Crippen LogP contribution in [0.1, 0.15) is 49.8 Å². The third-order valence-electron chi connectivity index (χ3n) is 6.57. The third-order valence-corrected chi connectivity index (χ3v) is 6.81. The number of benzene rings is 1. The molecule has 2 heterocycles. The molecule has 0 unspecified atom stereocenters. The fourth-order valence-corrected chi connectivity index (χ4v) is 4.54. The number of amides is 4. The summed E-state index contributed by atoms with van der Waals surface area (Å²) in [6.07, 6.45) is 5.46. The molecule has 2 aromatic rings. The lowest BCUT2D eigenvalue weighted by atomic mass is 10.0. The van der Waals surface area contributed by atoms with Crippen LogP contribution >= 0.6 is 11.6 Å². The lowest BCUT2D eigenvalue weighted by Gasteiger charge is -2.25. The van der Waals surface area contributed by atoms with Crippen LogP contribution < -0.4 is 10.6 Å². The van der Waals surface area contributed by atoms with Gasteiger partial charge < -0.3 is 25.2 Å². The second kappa shape index (κ2) is 13.9. The standard InChI is InChI=1S/C28H36ClN5O4/c1-19(2)14-25(32-28(38)34-16-21-4-5-23(29)15-22(21)17-34)27(37)31-24(18-35)6-7-26(36)33(3)13-10-20-8-11-30-12-9-20/h4-5,8-9,11-12,15,18-19,24-25H,6-7,10,13-14,16-17H2,1-3H3,(H,31,37)(H,32,38)/t24-,25-/m0/s1. The molecule has 1 aromatic heterocycles. The molecular weight excluding hydrogens is 506 g/mol. The number of halogens is 1. The Bertz CT molecular complexity index is 1130. The number of likely N-dealkylation sites (N-methyl/N-ethyl adjacent to an activating group) is 1. The molecule has 0 radical (unpaired) electrons. The van der Waals surface area contributed by atoms with Crippen molar-refractivity contribution in [2.45, 2.75) is 64.7 Å². The van der Waals surface area contributed by atoms with Crippen molar-refractivity contribution in [2.75, 3.05) is 13.6 Å². The quantitative estimate of drug-likeness (QED) is 0.400. The molecule has 0 spiro atoms. The Morgan fingerprint density at radius 1 is 1.11 bits per heavy atom. The van der Waals surface area contributed by atoms with Gasteiger partial charge in [0.05, 0.1) is 6.04 Å². The molecular formula is C28H36ClN5O4. The van der Waals surface area contributed by atoms with Gasteiger partial charge in [-0.1, -0.05) is 31.5 Å².